The molecule has 0 aliphatic carbocycles. The molecule has 92 valence electrons. The van der Waals surface area contributed by atoms with Gasteiger partial charge < -0.3 is 4.74 Å². The van der Waals surface area contributed by atoms with Crippen LogP contribution in [-0.4, -0.2) is 4.92 Å². The van der Waals surface area contributed by atoms with E-state index in [0.29, 0.717) is 0 Å². The molecule has 0 saturated carbocycles. The van der Waals surface area contributed by atoms with Crippen molar-refractivity contribution in [2.45, 2.75) is 0 Å². The van der Waals surface area contributed by atoms with Gasteiger partial charge in [0.2, 0.25) is 0 Å². The molecule has 6 heteroatoms. The topological polar surface area (TPSA) is 52.4 Å². The number of rotatable bonds is 3. The van der Waals surface area contributed by atoms with Gasteiger partial charge in [-0.1, -0.05) is 6.07 Å². The average molecular weight is 251 g/mol. The molecule has 2 aromatic carbocycles. The van der Waals surface area contributed by atoms with E-state index in [0.717, 1.165) is 24.3 Å². The molecule has 0 spiro atoms. The van der Waals surface area contributed by atoms with Crippen LogP contribution in [0.15, 0.2) is 42.5 Å². The molecule has 0 fully saturated rings. The summed E-state index contributed by atoms with van der Waals surface area (Å²) in [6.45, 7) is 0. The molecule has 0 aliphatic heterocycles. The summed E-state index contributed by atoms with van der Waals surface area (Å²) in [5, 5.41) is 10.4. The Balaban J connectivity index is 2.27. The quantitative estimate of drug-likeness (QED) is 0.617. The standard InChI is InChI=1S/C12H7F2NO3/c13-8-2-1-3-10(6-8)18-12-5-4-9(15(16)17)7-11(12)14/h1-7H. The fraction of sp³-hybridized carbons (Fsp3) is 0. The molecule has 0 aromatic heterocycles. The van der Waals surface area contributed by atoms with Crippen LogP contribution < -0.4 is 4.74 Å². The molecule has 18 heavy (non-hydrogen) atoms. The molecule has 0 aliphatic rings. The summed E-state index contributed by atoms with van der Waals surface area (Å²) in [5.41, 5.74) is -0.376. The van der Waals surface area contributed by atoms with Crippen molar-refractivity contribution >= 4 is 5.69 Å². The SMILES string of the molecule is O=[N+]([O-])c1ccc(Oc2cccc(F)c2)c(F)c1. The highest BCUT2D eigenvalue weighted by atomic mass is 19.1. The first-order chi connectivity index (χ1) is 8.56. The maximum Gasteiger partial charge on any atom is 0.272 e. The van der Waals surface area contributed by atoms with Crippen molar-refractivity contribution in [2.75, 3.05) is 0 Å². The third-order valence-electron chi connectivity index (χ3n) is 2.15. The second kappa shape index (κ2) is 4.79. The molecule has 2 aromatic rings. The van der Waals surface area contributed by atoms with E-state index in [4.69, 9.17) is 4.74 Å². The van der Waals surface area contributed by atoms with E-state index in [1.165, 1.54) is 18.2 Å². The van der Waals surface area contributed by atoms with Gasteiger partial charge in [0.05, 0.1) is 11.0 Å². The monoisotopic (exact) mass is 251 g/mol. The molecule has 0 radical (unpaired) electrons. The Labute approximate surface area is 101 Å². The van der Waals surface area contributed by atoms with E-state index in [1.807, 2.05) is 0 Å². The number of benzene rings is 2. The van der Waals surface area contributed by atoms with Gasteiger partial charge in [0.1, 0.15) is 11.6 Å². The molecule has 0 bridgehead atoms. The van der Waals surface area contributed by atoms with Gasteiger partial charge in [-0.3, -0.25) is 10.1 Å². The van der Waals surface area contributed by atoms with E-state index < -0.39 is 16.6 Å². The van der Waals surface area contributed by atoms with Gasteiger partial charge in [0.15, 0.2) is 11.6 Å². The first-order valence-corrected chi connectivity index (χ1v) is 4.93. The Kier molecular flexibility index (Phi) is 3.18. The average Bonchev–Trinajstić information content (AvgIpc) is 2.31. The number of nitro groups is 1. The number of nitro benzene ring substituents is 1. The number of nitrogens with zero attached hydrogens (tertiary/aromatic N) is 1. The third kappa shape index (κ3) is 2.60. The van der Waals surface area contributed by atoms with E-state index in [2.05, 4.69) is 0 Å². The molecule has 0 amide bonds. The number of hydrogen-bond donors (Lipinski definition) is 0. The highest BCUT2D eigenvalue weighted by molar-refractivity contribution is 5.40. The molecule has 0 atom stereocenters. The molecule has 2 rings (SSSR count). The number of halogens is 2. The van der Waals surface area contributed by atoms with Crippen LogP contribution in [0.3, 0.4) is 0 Å². The van der Waals surface area contributed by atoms with Crippen molar-refractivity contribution in [2.24, 2.45) is 0 Å². The van der Waals surface area contributed by atoms with Crippen molar-refractivity contribution in [3.05, 3.63) is 64.2 Å². The largest absolute Gasteiger partial charge is 0.454 e. The van der Waals surface area contributed by atoms with Gasteiger partial charge in [-0.15, -0.1) is 0 Å². The van der Waals surface area contributed by atoms with Gasteiger partial charge in [-0.2, -0.15) is 0 Å². The lowest BCUT2D eigenvalue weighted by Gasteiger charge is -2.06. The molecule has 0 unspecified atom stereocenters. The lowest BCUT2D eigenvalue weighted by atomic mass is 10.3. The van der Waals surface area contributed by atoms with Crippen LogP contribution in [0, 0.1) is 21.7 Å². The van der Waals surface area contributed by atoms with Crippen LogP contribution in [-0.2, 0) is 0 Å². The number of hydrogen-bond acceptors (Lipinski definition) is 3. The zero-order chi connectivity index (χ0) is 13.1. The first kappa shape index (κ1) is 12.0. The lowest BCUT2D eigenvalue weighted by molar-refractivity contribution is -0.385. The zero-order valence-corrected chi connectivity index (χ0v) is 8.97. The second-order valence-electron chi connectivity index (χ2n) is 3.43. The summed E-state index contributed by atoms with van der Waals surface area (Å²) in [6.07, 6.45) is 0. The summed E-state index contributed by atoms with van der Waals surface area (Å²) in [4.78, 5) is 9.70. The Morgan fingerprint density at radius 2 is 1.89 bits per heavy atom. The molecular weight excluding hydrogens is 244 g/mol. The van der Waals surface area contributed by atoms with E-state index in [9.17, 15) is 18.9 Å². The van der Waals surface area contributed by atoms with Gasteiger partial charge >= 0.3 is 0 Å². The van der Waals surface area contributed by atoms with Gasteiger partial charge in [0, 0.05) is 12.1 Å². The fourth-order valence-electron chi connectivity index (χ4n) is 1.34. The van der Waals surface area contributed by atoms with Crippen molar-refractivity contribution < 1.29 is 18.4 Å². The first-order valence-electron chi connectivity index (χ1n) is 4.93. The van der Waals surface area contributed by atoms with Crippen molar-refractivity contribution in [3.63, 3.8) is 0 Å². The zero-order valence-electron chi connectivity index (χ0n) is 8.97. The predicted molar refractivity (Wildman–Crippen MR) is 59.5 cm³/mol. The minimum atomic E-state index is -0.881. The highest BCUT2D eigenvalue weighted by Crippen LogP contribution is 2.27. The fourth-order valence-corrected chi connectivity index (χ4v) is 1.34. The number of ether oxygens (including phenoxy) is 1. The Hall–Kier alpha value is -2.50. The van der Waals surface area contributed by atoms with Gasteiger partial charge in [-0.05, 0) is 18.2 Å². The molecule has 0 N–H and O–H groups in total. The van der Waals surface area contributed by atoms with Crippen LogP contribution in [0.1, 0.15) is 0 Å². The van der Waals surface area contributed by atoms with E-state index in [1.54, 1.807) is 0 Å². The van der Waals surface area contributed by atoms with Crippen molar-refractivity contribution in [3.8, 4) is 11.5 Å². The summed E-state index contributed by atoms with van der Waals surface area (Å²) >= 11 is 0. The maximum absolute atomic E-state index is 13.5. The van der Waals surface area contributed by atoms with Gasteiger partial charge in [-0.25, -0.2) is 8.78 Å². The molecular formula is C12H7F2NO3. The molecule has 4 nitrogen and oxygen atoms in total. The smallest absolute Gasteiger partial charge is 0.272 e. The predicted octanol–water partition coefficient (Wildman–Crippen LogP) is 3.67. The summed E-state index contributed by atoms with van der Waals surface area (Å²) in [6, 6.07) is 8.14. The Morgan fingerprint density at radius 3 is 2.50 bits per heavy atom. The van der Waals surface area contributed by atoms with Crippen LogP contribution in [0.2, 0.25) is 0 Å². The maximum atomic E-state index is 13.5. The van der Waals surface area contributed by atoms with Crippen molar-refractivity contribution in [1.29, 1.82) is 0 Å². The second-order valence-corrected chi connectivity index (χ2v) is 3.43. The lowest BCUT2D eigenvalue weighted by Crippen LogP contribution is -1.92. The minimum Gasteiger partial charge on any atom is -0.454 e. The van der Waals surface area contributed by atoms with Crippen LogP contribution >= 0.6 is 0 Å². The molecule has 0 heterocycles. The summed E-state index contributed by atoms with van der Waals surface area (Å²) in [5.74, 6) is -1.49. The Morgan fingerprint density at radius 1 is 1.11 bits per heavy atom. The van der Waals surface area contributed by atoms with Gasteiger partial charge in [0.25, 0.3) is 5.69 Å². The van der Waals surface area contributed by atoms with Crippen LogP contribution in [0.5, 0.6) is 11.5 Å². The van der Waals surface area contributed by atoms with E-state index >= 15 is 0 Å². The van der Waals surface area contributed by atoms with Crippen LogP contribution in [0.4, 0.5) is 14.5 Å². The molecule has 0 saturated heterocycles. The Bertz CT molecular complexity index is 602. The minimum absolute atomic E-state index is 0.114. The van der Waals surface area contributed by atoms with E-state index in [-0.39, 0.29) is 17.2 Å². The van der Waals surface area contributed by atoms with Crippen molar-refractivity contribution in [1.82, 2.24) is 0 Å². The number of non-ortho nitro benzene ring substituents is 1. The summed E-state index contributed by atoms with van der Waals surface area (Å²) < 4.78 is 31.4. The third-order valence-corrected chi connectivity index (χ3v) is 2.15. The normalized spacial score (nSPS) is 10.1. The van der Waals surface area contributed by atoms with Crippen LogP contribution in [0.25, 0.3) is 0 Å². The summed E-state index contributed by atoms with van der Waals surface area (Å²) in [7, 11) is 0. The highest BCUT2D eigenvalue weighted by Gasteiger charge is 2.12.